The van der Waals surface area contributed by atoms with Gasteiger partial charge in [0.15, 0.2) is 0 Å². The topological polar surface area (TPSA) is 184 Å². The Labute approximate surface area is 358 Å². The minimum atomic E-state index is -0.887. The van der Waals surface area contributed by atoms with Crippen molar-refractivity contribution in [3.05, 3.63) is 102 Å². The van der Waals surface area contributed by atoms with E-state index in [1.54, 1.807) is 59.3 Å². The van der Waals surface area contributed by atoms with Crippen molar-refractivity contribution in [1.29, 1.82) is 0 Å². The number of aldehydes is 1. The number of likely N-dealkylation sites (N-methyl/N-ethyl adjacent to an activating group) is 3. The van der Waals surface area contributed by atoms with Gasteiger partial charge in [-0.25, -0.2) is 9.59 Å². The first-order valence-corrected chi connectivity index (χ1v) is 20.3. The second kappa shape index (κ2) is 24.5. The molecule has 0 aliphatic rings. The third kappa shape index (κ3) is 16.9. The summed E-state index contributed by atoms with van der Waals surface area (Å²) in [5.41, 5.74) is 3.26. The molecule has 3 aromatic rings. The number of ether oxygens (including phenoxy) is 2. The Morgan fingerprint density at radius 3 is 1.97 bits per heavy atom. The highest BCUT2D eigenvalue weighted by Gasteiger charge is 2.28. The van der Waals surface area contributed by atoms with E-state index in [0.717, 1.165) is 22.8 Å². The number of nitrogens with zero attached hydrogens (tertiary/aromatic N) is 3. The number of unbranched alkanes of at least 4 members (excludes halogenated alkanes) is 2. The summed E-state index contributed by atoms with van der Waals surface area (Å²) in [7, 11) is 4.81. The summed E-state index contributed by atoms with van der Waals surface area (Å²) in [4.78, 5) is 90.2. The predicted molar refractivity (Wildman–Crippen MR) is 233 cm³/mol. The summed E-state index contributed by atoms with van der Waals surface area (Å²) in [5, 5.41) is 8.04. The standard InChI is InChI=1S/C46H60N6O9/c1-33(2)42(49-39(54)17-12-9-13-27-50(5)41(56)18-14-30-53)43(57)47-31-40(55)48-38-25-19-34(20-26-38)32-60-44(58)51(6)28-29-52(7)45(59)61-46(3,4)37-23-21-36(22-24-37)35-15-10-8-11-16-35/h8,10-11,14-16,18-26,30,33,42H,9,12-13,17,27-29,31-32H2,1-7H3,(H,47,57)(H,48,55)(H,49,54)/b18-14-. The molecule has 0 heterocycles. The van der Waals surface area contributed by atoms with E-state index >= 15 is 0 Å². The molecular formula is C46H60N6O9. The van der Waals surface area contributed by atoms with Crippen LogP contribution in [-0.4, -0.2) is 110 Å². The van der Waals surface area contributed by atoms with Crippen LogP contribution in [0.1, 0.15) is 64.5 Å². The van der Waals surface area contributed by atoms with Crippen LogP contribution in [0.25, 0.3) is 11.1 Å². The zero-order valence-corrected chi connectivity index (χ0v) is 36.3. The molecule has 0 radical (unpaired) electrons. The first-order valence-electron chi connectivity index (χ1n) is 20.3. The number of anilines is 1. The van der Waals surface area contributed by atoms with Gasteiger partial charge in [-0.1, -0.05) is 87.0 Å². The van der Waals surface area contributed by atoms with Crippen molar-refractivity contribution in [3.63, 3.8) is 0 Å². The average molecular weight is 841 g/mol. The van der Waals surface area contributed by atoms with Crippen molar-refractivity contribution in [2.24, 2.45) is 5.92 Å². The Morgan fingerprint density at radius 1 is 0.721 bits per heavy atom. The maximum absolute atomic E-state index is 12.9. The van der Waals surface area contributed by atoms with Gasteiger partial charge < -0.3 is 40.1 Å². The van der Waals surface area contributed by atoms with E-state index in [1.165, 1.54) is 20.8 Å². The molecule has 0 aliphatic carbocycles. The summed E-state index contributed by atoms with van der Waals surface area (Å²) in [5.74, 6) is -1.75. The van der Waals surface area contributed by atoms with Crippen LogP contribution in [0.4, 0.5) is 15.3 Å². The first kappa shape index (κ1) is 48.9. The van der Waals surface area contributed by atoms with E-state index in [1.807, 2.05) is 68.4 Å². The Bertz CT molecular complexity index is 1950. The van der Waals surface area contributed by atoms with Gasteiger partial charge in [-0.05, 0) is 73.1 Å². The van der Waals surface area contributed by atoms with E-state index in [2.05, 4.69) is 16.0 Å². The van der Waals surface area contributed by atoms with Gasteiger partial charge in [0.05, 0.1) is 6.54 Å². The number of carbonyl (C=O) groups is 7. The minimum absolute atomic E-state index is 0.0233. The molecule has 3 N–H and O–H groups in total. The lowest BCUT2D eigenvalue weighted by Gasteiger charge is -2.29. The van der Waals surface area contributed by atoms with Crippen molar-refractivity contribution in [2.45, 2.75) is 71.6 Å². The van der Waals surface area contributed by atoms with Gasteiger partial charge in [0.2, 0.25) is 23.6 Å². The molecule has 15 heteroatoms. The zero-order chi connectivity index (χ0) is 45.0. The van der Waals surface area contributed by atoms with Crippen LogP contribution in [-0.2, 0) is 45.7 Å². The van der Waals surface area contributed by atoms with E-state index in [0.29, 0.717) is 43.3 Å². The normalized spacial score (nSPS) is 11.6. The van der Waals surface area contributed by atoms with Crippen LogP contribution in [0.5, 0.6) is 0 Å². The fourth-order valence-corrected chi connectivity index (χ4v) is 5.91. The Kier molecular flexibility index (Phi) is 19.7. The maximum atomic E-state index is 12.9. The van der Waals surface area contributed by atoms with Crippen molar-refractivity contribution in [2.75, 3.05) is 52.6 Å². The molecule has 61 heavy (non-hydrogen) atoms. The van der Waals surface area contributed by atoms with Gasteiger partial charge in [0.25, 0.3) is 0 Å². The molecule has 0 spiro atoms. The van der Waals surface area contributed by atoms with Crippen molar-refractivity contribution >= 4 is 47.8 Å². The van der Waals surface area contributed by atoms with Crippen molar-refractivity contribution in [1.82, 2.24) is 25.3 Å². The summed E-state index contributed by atoms with van der Waals surface area (Å²) in [6, 6.07) is 23.7. The molecule has 0 aliphatic heterocycles. The largest absolute Gasteiger partial charge is 0.445 e. The third-order valence-corrected chi connectivity index (χ3v) is 9.80. The molecule has 0 saturated heterocycles. The molecule has 6 amide bonds. The van der Waals surface area contributed by atoms with Gasteiger partial charge in [0, 0.05) is 59.0 Å². The summed E-state index contributed by atoms with van der Waals surface area (Å²) < 4.78 is 11.3. The lowest BCUT2D eigenvalue weighted by molar-refractivity contribution is -0.130. The van der Waals surface area contributed by atoms with E-state index < -0.39 is 35.6 Å². The number of amides is 6. The smallest absolute Gasteiger partial charge is 0.410 e. The Balaban J connectivity index is 1.34. The lowest BCUT2D eigenvalue weighted by atomic mass is 9.95. The molecular weight excluding hydrogens is 781 g/mol. The van der Waals surface area contributed by atoms with Crippen molar-refractivity contribution < 1.29 is 43.0 Å². The van der Waals surface area contributed by atoms with Gasteiger partial charge in [-0.2, -0.15) is 0 Å². The zero-order valence-electron chi connectivity index (χ0n) is 36.3. The molecule has 1 unspecified atom stereocenters. The number of rotatable bonds is 22. The molecule has 15 nitrogen and oxygen atoms in total. The van der Waals surface area contributed by atoms with Crippen LogP contribution in [0.2, 0.25) is 0 Å². The monoisotopic (exact) mass is 840 g/mol. The second-order valence-electron chi connectivity index (χ2n) is 15.5. The highest BCUT2D eigenvalue weighted by atomic mass is 16.6. The molecule has 3 rings (SSSR count). The van der Waals surface area contributed by atoms with Crippen LogP contribution >= 0.6 is 0 Å². The van der Waals surface area contributed by atoms with Crippen molar-refractivity contribution in [3.8, 4) is 11.1 Å². The molecule has 1 atom stereocenters. The van der Waals surface area contributed by atoms with Crippen LogP contribution in [0, 0.1) is 5.92 Å². The van der Waals surface area contributed by atoms with E-state index in [9.17, 15) is 33.6 Å². The first-order chi connectivity index (χ1) is 29.0. The van der Waals surface area contributed by atoms with Gasteiger partial charge in [-0.15, -0.1) is 0 Å². The predicted octanol–water partition coefficient (Wildman–Crippen LogP) is 5.90. The van der Waals surface area contributed by atoms with Crippen LogP contribution in [0.3, 0.4) is 0 Å². The number of hydrogen-bond donors (Lipinski definition) is 3. The Morgan fingerprint density at radius 2 is 1.34 bits per heavy atom. The summed E-state index contributed by atoms with van der Waals surface area (Å²) >= 11 is 0. The van der Waals surface area contributed by atoms with Gasteiger partial charge in [-0.3, -0.25) is 24.0 Å². The molecule has 328 valence electrons. The summed E-state index contributed by atoms with van der Waals surface area (Å²) in [6.07, 6.45) is 3.90. The second-order valence-corrected chi connectivity index (χ2v) is 15.5. The highest BCUT2D eigenvalue weighted by molar-refractivity contribution is 5.96. The Hall–Kier alpha value is -6.51. The van der Waals surface area contributed by atoms with E-state index in [-0.39, 0.29) is 50.4 Å². The van der Waals surface area contributed by atoms with Crippen LogP contribution < -0.4 is 16.0 Å². The molecule has 0 bridgehead atoms. The van der Waals surface area contributed by atoms with Gasteiger partial charge in [0.1, 0.15) is 24.5 Å². The fourth-order valence-electron chi connectivity index (χ4n) is 5.91. The molecule has 3 aromatic carbocycles. The molecule has 0 fully saturated rings. The molecule has 0 aromatic heterocycles. The minimum Gasteiger partial charge on any atom is -0.445 e. The number of nitrogens with one attached hydrogen (secondary N) is 3. The number of hydrogen-bond acceptors (Lipinski definition) is 9. The summed E-state index contributed by atoms with van der Waals surface area (Å²) in [6.45, 7) is 7.80. The quantitative estimate of drug-likeness (QED) is 0.0631. The van der Waals surface area contributed by atoms with Gasteiger partial charge >= 0.3 is 12.2 Å². The number of benzene rings is 3. The van der Waals surface area contributed by atoms with E-state index in [4.69, 9.17) is 9.47 Å². The molecule has 0 saturated carbocycles. The number of carbonyl (C=O) groups excluding carboxylic acids is 7. The maximum Gasteiger partial charge on any atom is 0.410 e. The average Bonchev–Trinajstić information content (AvgIpc) is 3.24. The number of allylic oxidation sites excluding steroid dienone is 1. The SMILES string of the molecule is CC(C)C(NC(=O)CCCCCN(C)C(=O)/C=C\C=O)C(=O)NCC(=O)Nc1ccc(COC(=O)N(C)CCN(C)C(=O)OC(C)(C)c2ccc(-c3ccccc3)cc2)cc1. The lowest BCUT2D eigenvalue weighted by Crippen LogP contribution is -2.51. The highest BCUT2D eigenvalue weighted by Crippen LogP contribution is 2.28. The van der Waals surface area contributed by atoms with Crippen LogP contribution in [0.15, 0.2) is 91.0 Å². The fraction of sp³-hybridized carbons (Fsp3) is 0.413. The third-order valence-electron chi connectivity index (χ3n) is 9.80.